The second-order valence-corrected chi connectivity index (χ2v) is 8.63. The summed E-state index contributed by atoms with van der Waals surface area (Å²) in [4.78, 5) is 28.8. The number of hydrogen-bond donors (Lipinski definition) is 0. The molecular weight excluding hydrogens is 418 g/mol. The lowest BCUT2D eigenvalue weighted by atomic mass is 9.99. The van der Waals surface area contributed by atoms with Crippen LogP contribution in [0.1, 0.15) is 47.1 Å². The van der Waals surface area contributed by atoms with E-state index >= 15 is 0 Å². The molecular formula is C27H27NO5. The van der Waals surface area contributed by atoms with E-state index in [0.717, 1.165) is 5.56 Å². The summed E-state index contributed by atoms with van der Waals surface area (Å²) >= 11 is 0. The van der Waals surface area contributed by atoms with E-state index in [4.69, 9.17) is 14.2 Å². The molecule has 0 unspecified atom stereocenters. The van der Waals surface area contributed by atoms with Gasteiger partial charge in [0.1, 0.15) is 11.5 Å². The summed E-state index contributed by atoms with van der Waals surface area (Å²) in [7, 11) is 1.57. The fourth-order valence-corrected chi connectivity index (χ4v) is 2.71. The third kappa shape index (κ3) is 7.31. The molecule has 6 nitrogen and oxygen atoms in total. The van der Waals surface area contributed by atoms with Crippen LogP contribution in [0.2, 0.25) is 0 Å². The van der Waals surface area contributed by atoms with E-state index in [1.165, 1.54) is 0 Å². The lowest BCUT2D eigenvalue weighted by molar-refractivity contribution is 0.0367. The van der Waals surface area contributed by atoms with Crippen molar-refractivity contribution >= 4 is 23.8 Å². The monoisotopic (exact) mass is 445 g/mol. The van der Waals surface area contributed by atoms with E-state index in [9.17, 15) is 9.59 Å². The average molecular weight is 446 g/mol. The molecule has 0 spiro atoms. The Morgan fingerprint density at radius 1 is 0.788 bits per heavy atom. The Morgan fingerprint density at radius 2 is 1.33 bits per heavy atom. The van der Waals surface area contributed by atoms with E-state index in [1.807, 2.05) is 20.8 Å². The highest BCUT2D eigenvalue weighted by Crippen LogP contribution is 2.19. The molecule has 6 heteroatoms. The minimum absolute atomic E-state index is 0.0799. The molecule has 0 aliphatic rings. The fourth-order valence-electron chi connectivity index (χ4n) is 2.71. The number of rotatable bonds is 7. The highest BCUT2D eigenvalue weighted by atomic mass is 16.5. The summed E-state index contributed by atoms with van der Waals surface area (Å²) in [6.45, 7) is 6.39. The lowest BCUT2D eigenvalue weighted by Gasteiger charge is -2.17. The molecule has 0 heterocycles. The van der Waals surface area contributed by atoms with Crippen LogP contribution in [-0.4, -0.2) is 31.9 Å². The summed E-state index contributed by atoms with van der Waals surface area (Å²) in [5, 5.41) is 0. The van der Waals surface area contributed by atoms with Crippen molar-refractivity contribution in [2.45, 2.75) is 20.8 Å². The van der Waals surface area contributed by atoms with Gasteiger partial charge in [-0.3, -0.25) is 4.99 Å². The smallest absolute Gasteiger partial charge is 0.343 e. The van der Waals surface area contributed by atoms with Crippen molar-refractivity contribution in [1.82, 2.24) is 0 Å². The predicted octanol–water partition coefficient (Wildman–Crippen LogP) is 5.87. The molecule has 170 valence electrons. The van der Waals surface area contributed by atoms with Gasteiger partial charge in [0, 0.05) is 6.21 Å². The van der Waals surface area contributed by atoms with Crippen LogP contribution in [0.15, 0.2) is 77.8 Å². The van der Waals surface area contributed by atoms with Gasteiger partial charge in [-0.1, -0.05) is 20.8 Å². The van der Waals surface area contributed by atoms with E-state index in [-0.39, 0.29) is 11.4 Å². The van der Waals surface area contributed by atoms with Gasteiger partial charge in [0.05, 0.1) is 30.5 Å². The van der Waals surface area contributed by atoms with Gasteiger partial charge in [-0.15, -0.1) is 0 Å². The molecule has 0 radical (unpaired) electrons. The second-order valence-electron chi connectivity index (χ2n) is 8.63. The van der Waals surface area contributed by atoms with Crippen LogP contribution in [0.25, 0.3) is 0 Å². The maximum Gasteiger partial charge on any atom is 0.343 e. The molecule has 3 aromatic carbocycles. The number of ether oxygens (including phenoxy) is 3. The van der Waals surface area contributed by atoms with Crippen molar-refractivity contribution in [3.8, 4) is 11.5 Å². The zero-order chi connectivity index (χ0) is 23.8. The normalized spacial score (nSPS) is 11.3. The Morgan fingerprint density at radius 3 is 1.91 bits per heavy atom. The van der Waals surface area contributed by atoms with Crippen LogP contribution in [-0.2, 0) is 4.74 Å². The number of nitrogens with zero attached hydrogens (tertiary/aromatic N) is 1. The number of carbonyl (C=O) groups is 2. The molecule has 33 heavy (non-hydrogen) atoms. The summed E-state index contributed by atoms with van der Waals surface area (Å²) in [5.74, 6) is 0.316. The molecule has 0 amide bonds. The number of esters is 2. The molecule has 3 rings (SSSR count). The SMILES string of the molecule is COc1ccc(C(=O)Oc2ccc(C=Nc3ccc(C(=O)OCC(C)(C)C)cc3)cc2)cc1. The van der Waals surface area contributed by atoms with Gasteiger partial charge in [-0.2, -0.15) is 0 Å². The van der Waals surface area contributed by atoms with Gasteiger partial charge >= 0.3 is 11.9 Å². The second kappa shape index (κ2) is 10.6. The van der Waals surface area contributed by atoms with Crippen molar-refractivity contribution in [2.75, 3.05) is 13.7 Å². The standard InChI is InChI=1S/C27H27NO5/c1-27(2,3)18-32-25(29)20-7-11-22(12-8-20)28-17-19-5-13-24(14-6-19)33-26(30)21-9-15-23(31-4)16-10-21/h5-17H,18H2,1-4H3. The lowest BCUT2D eigenvalue weighted by Crippen LogP contribution is -2.18. The molecule has 0 aromatic heterocycles. The first-order valence-electron chi connectivity index (χ1n) is 10.5. The average Bonchev–Trinajstić information content (AvgIpc) is 2.82. The summed E-state index contributed by atoms with van der Waals surface area (Å²) in [6, 6.07) is 20.6. The summed E-state index contributed by atoms with van der Waals surface area (Å²) in [6.07, 6.45) is 1.70. The molecule has 3 aromatic rings. The van der Waals surface area contributed by atoms with Gasteiger partial charge in [0.25, 0.3) is 0 Å². The number of aliphatic imine (C=N–C) groups is 1. The van der Waals surface area contributed by atoms with E-state index in [1.54, 1.807) is 86.1 Å². The third-order valence-corrected chi connectivity index (χ3v) is 4.52. The van der Waals surface area contributed by atoms with Crippen LogP contribution in [0, 0.1) is 5.41 Å². The Balaban J connectivity index is 1.56. The molecule has 0 saturated carbocycles. The van der Waals surface area contributed by atoms with Crippen molar-refractivity contribution in [3.05, 3.63) is 89.5 Å². The van der Waals surface area contributed by atoms with Crippen molar-refractivity contribution in [1.29, 1.82) is 0 Å². The van der Waals surface area contributed by atoms with Gasteiger partial charge in [-0.25, -0.2) is 9.59 Å². The molecule has 0 saturated heterocycles. The topological polar surface area (TPSA) is 74.2 Å². The maximum atomic E-state index is 12.3. The molecule has 0 N–H and O–H groups in total. The van der Waals surface area contributed by atoms with Crippen LogP contribution >= 0.6 is 0 Å². The fraction of sp³-hybridized carbons (Fsp3) is 0.222. The first-order chi connectivity index (χ1) is 15.7. The zero-order valence-electron chi connectivity index (χ0n) is 19.2. The van der Waals surface area contributed by atoms with Crippen LogP contribution in [0.4, 0.5) is 5.69 Å². The number of methoxy groups -OCH3 is 1. The van der Waals surface area contributed by atoms with Crippen LogP contribution < -0.4 is 9.47 Å². The Bertz CT molecular complexity index is 1110. The Hall–Kier alpha value is -3.93. The van der Waals surface area contributed by atoms with Gasteiger partial charge in [0.2, 0.25) is 0 Å². The first kappa shape index (κ1) is 23.7. The minimum Gasteiger partial charge on any atom is -0.497 e. The van der Waals surface area contributed by atoms with Crippen LogP contribution in [0.5, 0.6) is 11.5 Å². The van der Waals surface area contributed by atoms with E-state index < -0.39 is 5.97 Å². The van der Waals surface area contributed by atoms with Crippen molar-refractivity contribution in [2.24, 2.45) is 10.4 Å². The molecule has 0 fully saturated rings. The van der Waals surface area contributed by atoms with E-state index in [2.05, 4.69) is 4.99 Å². The number of hydrogen-bond acceptors (Lipinski definition) is 6. The molecule has 0 aliphatic carbocycles. The number of benzene rings is 3. The largest absolute Gasteiger partial charge is 0.497 e. The quantitative estimate of drug-likeness (QED) is 0.258. The Kier molecular flexibility index (Phi) is 7.61. The van der Waals surface area contributed by atoms with E-state index in [0.29, 0.717) is 34.9 Å². The van der Waals surface area contributed by atoms with Gasteiger partial charge in [0.15, 0.2) is 0 Å². The van der Waals surface area contributed by atoms with Gasteiger partial charge in [-0.05, 0) is 83.8 Å². The molecule has 0 atom stereocenters. The van der Waals surface area contributed by atoms with Crippen LogP contribution in [0.3, 0.4) is 0 Å². The Labute approximate surface area is 193 Å². The molecule has 0 aliphatic heterocycles. The maximum absolute atomic E-state index is 12.3. The van der Waals surface area contributed by atoms with Crippen molar-refractivity contribution < 1.29 is 23.8 Å². The third-order valence-electron chi connectivity index (χ3n) is 4.52. The molecule has 0 bridgehead atoms. The highest BCUT2D eigenvalue weighted by molar-refractivity contribution is 5.91. The predicted molar refractivity (Wildman–Crippen MR) is 128 cm³/mol. The minimum atomic E-state index is -0.444. The summed E-state index contributed by atoms with van der Waals surface area (Å²) in [5.41, 5.74) is 2.39. The first-order valence-corrected chi connectivity index (χ1v) is 10.5. The number of carbonyl (C=O) groups excluding carboxylic acids is 2. The zero-order valence-corrected chi connectivity index (χ0v) is 19.2. The van der Waals surface area contributed by atoms with Crippen molar-refractivity contribution in [3.63, 3.8) is 0 Å². The highest BCUT2D eigenvalue weighted by Gasteiger charge is 2.15. The summed E-state index contributed by atoms with van der Waals surface area (Å²) < 4.78 is 15.8. The van der Waals surface area contributed by atoms with Gasteiger partial charge < -0.3 is 14.2 Å².